The molecule has 0 spiro atoms. The molecule has 1 aromatic carbocycles. The van der Waals surface area contributed by atoms with Crippen molar-refractivity contribution in [1.29, 1.82) is 0 Å². The number of piperidine rings is 1. The molecular weight excluding hydrogens is 406 g/mol. The molecule has 10 heteroatoms. The van der Waals surface area contributed by atoms with Gasteiger partial charge >= 0.3 is 0 Å². The average Bonchev–Trinajstić information content (AvgIpc) is 3.01. The maximum absolute atomic E-state index is 14.2. The molecule has 8 nitrogen and oxygen atoms in total. The van der Waals surface area contributed by atoms with Gasteiger partial charge < -0.3 is 20.1 Å². The van der Waals surface area contributed by atoms with Gasteiger partial charge in [-0.25, -0.2) is 13.8 Å². The number of phenolic OH excluding ortho intramolecular Hbond substituents is 1. The van der Waals surface area contributed by atoms with Crippen molar-refractivity contribution in [3.05, 3.63) is 36.8 Å². The highest BCUT2D eigenvalue weighted by Gasteiger charge is 2.57. The number of nitrogens with one attached hydrogen (secondary N) is 1. The molecule has 2 aliphatic heterocycles. The summed E-state index contributed by atoms with van der Waals surface area (Å²) in [7, 11) is 3.29. The molecule has 0 radical (unpaired) electrons. The topological polar surface area (TPSA) is 96.3 Å². The van der Waals surface area contributed by atoms with Crippen molar-refractivity contribution in [2.75, 3.05) is 19.1 Å². The number of hydrogen-bond donors (Lipinski definition) is 2. The fourth-order valence-corrected chi connectivity index (χ4v) is 4.70. The van der Waals surface area contributed by atoms with Crippen LogP contribution in [0.4, 0.5) is 14.7 Å². The first-order valence-corrected chi connectivity index (χ1v) is 10.0. The molecular formula is C21H22F2N6O2. The van der Waals surface area contributed by atoms with E-state index in [1.54, 1.807) is 36.5 Å². The SMILES string of the molecule is CO[C@H]1C2CC(F)(F)[C@@H](C[C@@H]1N(C)c1ncc(-c3cc4ccncc4cc3O)nn1)N2. The standard InChI is InChI=1S/C21H22F2N6O2/c1-29(16-7-18-21(22,23)8-14(26-18)19(16)31-2)20-25-10-15(27-28-20)13-5-11-3-4-24-9-12(11)6-17(13)30/h3-6,9-10,14,16,18-19,26,30H,7-8H2,1-2H3/t14?,16-,18+,19-/m0/s1. The van der Waals surface area contributed by atoms with Gasteiger partial charge in [-0.05, 0) is 30.0 Å². The Hall–Kier alpha value is -2.98. The lowest BCUT2D eigenvalue weighted by Gasteiger charge is -2.41. The summed E-state index contributed by atoms with van der Waals surface area (Å²) in [6.45, 7) is 0. The number of aromatic nitrogens is 4. The number of likely N-dealkylation sites (N-methyl/N-ethyl adjacent to an activating group) is 1. The fraction of sp³-hybridized carbons (Fsp3) is 0.429. The minimum atomic E-state index is -2.76. The van der Waals surface area contributed by atoms with Gasteiger partial charge in [0.15, 0.2) is 0 Å². The average molecular weight is 428 g/mol. The Balaban J connectivity index is 1.42. The summed E-state index contributed by atoms with van der Waals surface area (Å²) in [5.41, 5.74) is 0.913. The Morgan fingerprint density at radius 3 is 2.81 bits per heavy atom. The number of ether oxygens (including phenoxy) is 1. The fourth-order valence-electron chi connectivity index (χ4n) is 4.70. The number of phenols is 1. The van der Waals surface area contributed by atoms with Gasteiger partial charge in [-0.2, -0.15) is 0 Å². The van der Waals surface area contributed by atoms with Gasteiger partial charge in [-0.15, -0.1) is 10.2 Å². The molecule has 2 bridgehead atoms. The van der Waals surface area contributed by atoms with Crippen molar-refractivity contribution >= 4 is 16.7 Å². The molecule has 2 aliphatic rings. The second-order valence-corrected chi connectivity index (χ2v) is 8.14. The highest BCUT2D eigenvalue weighted by atomic mass is 19.3. The molecule has 2 saturated heterocycles. The van der Waals surface area contributed by atoms with Crippen LogP contribution in [-0.4, -0.2) is 69.6 Å². The van der Waals surface area contributed by atoms with E-state index < -0.39 is 24.1 Å². The van der Waals surface area contributed by atoms with Crippen molar-refractivity contribution in [1.82, 2.24) is 25.5 Å². The number of pyridine rings is 1. The summed E-state index contributed by atoms with van der Waals surface area (Å²) in [6.07, 6.45) is 4.41. The molecule has 4 atom stereocenters. The normalized spacial score (nSPS) is 26.8. The zero-order valence-electron chi connectivity index (χ0n) is 17.0. The maximum Gasteiger partial charge on any atom is 0.264 e. The molecule has 2 N–H and O–H groups in total. The van der Waals surface area contributed by atoms with Crippen molar-refractivity contribution in [3.63, 3.8) is 0 Å². The first kappa shape index (κ1) is 20.0. The lowest BCUT2D eigenvalue weighted by atomic mass is 9.95. The van der Waals surface area contributed by atoms with Crippen molar-refractivity contribution in [3.8, 4) is 17.0 Å². The lowest BCUT2D eigenvalue weighted by molar-refractivity contribution is -0.0139. The molecule has 4 heterocycles. The van der Waals surface area contributed by atoms with E-state index in [2.05, 4.69) is 25.5 Å². The van der Waals surface area contributed by atoms with Crippen LogP contribution in [0.5, 0.6) is 5.75 Å². The van der Waals surface area contributed by atoms with E-state index >= 15 is 0 Å². The monoisotopic (exact) mass is 428 g/mol. The first-order chi connectivity index (χ1) is 14.9. The number of fused-ring (bicyclic) bond motifs is 3. The number of methoxy groups -OCH3 is 1. The van der Waals surface area contributed by atoms with Gasteiger partial charge in [-0.3, -0.25) is 4.98 Å². The molecule has 5 rings (SSSR count). The molecule has 2 fully saturated rings. The number of aromatic hydroxyl groups is 1. The number of hydrogen-bond acceptors (Lipinski definition) is 8. The van der Waals surface area contributed by atoms with Crippen molar-refractivity contribution in [2.24, 2.45) is 0 Å². The molecule has 0 saturated carbocycles. The molecule has 2 aromatic heterocycles. The van der Waals surface area contributed by atoms with Crippen LogP contribution >= 0.6 is 0 Å². The van der Waals surface area contributed by atoms with Gasteiger partial charge in [0.25, 0.3) is 5.92 Å². The second-order valence-electron chi connectivity index (χ2n) is 8.14. The van der Waals surface area contributed by atoms with Crippen LogP contribution in [0.25, 0.3) is 22.0 Å². The Morgan fingerprint density at radius 1 is 1.23 bits per heavy atom. The van der Waals surface area contributed by atoms with E-state index in [0.29, 0.717) is 17.2 Å². The number of benzene rings is 1. The maximum atomic E-state index is 14.2. The largest absolute Gasteiger partial charge is 0.507 e. The predicted octanol–water partition coefficient (Wildman–Crippen LogP) is 2.38. The third-order valence-electron chi connectivity index (χ3n) is 6.34. The number of anilines is 1. The predicted molar refractivity (Wildman–Crippen MR) is 110 cm³/mol. The smallest absolute Gasteiger partial charge is 0.264 e. The zero-order chi connectivity index (χ0) is 21.8. The minimum absolute atomic E-state index is 0.0503. The zero-order valence-corrected chi connectivity index (χ0v) is 17.0. The van der Waals surface area contributed by atoms with E-state index in [1.165, 1.54) is 13.3 Å². The summed E-state index contributed by atoms with van der Waals surface area (Å²) >= 11 is 0. The van der Waals surface area contributed by atoms with Crippen LogP contribution in [-0.2, 0) is 4.74 Å². The van der Waals surface area contributed by atoms with Crippen LogP contribution in [0, 0.1) is 0 Å². The molecule has 0 aliphatic carbocycles. The van der Waals surface area contributed by atoms with Gasteiger partial charge in [-0.1, -0.05) is 0 Å². The molecule has 162 valence electrons. The van der Waals surface area contributed by atoms with Gasteiger partial charge in [0.2, 0.25) is 5.95 Å². The highest BCUT2D eigenvalue weighted by molar-refractivity contribution is 5.89. The second kappa shape index (κ2) is 7.31. The van der Waals surface area contributed by atoms with E-state index in [4.69, 9.17) is 4.74 Å². The van der Waals surface area contributed by atoms with E-state index in [-0.39, 0.29) is 24.6 Å². The lowest BCUT2D eigenvalue weighted by Crippen LogP contribution is -2.59. The highest BCUT2D eigenvalue weighted by Crippen LogP contribution is 2.41. The number of alkyl halides is 2. The number of halogens is 2. The van der Waals surface area contributed by atoms with Gasteiger partial charge in [0, 0.05) is 50.0 Å². The van der Waals surface area contributed by atoms with Crippen LogP contribution in [0.15, 0.2) is 36.8 Å². The van der Waals surface area contributed by atoms with Crippen LogP contribution in [0.2, 0.25) is 0 Å². The van der Waals surface area contributed by atoms with Crippen molar-refractivity contribution < 1.29 is 18.6 Å². The van der Waals surface area contributed by atoms with Crippen molar-refractivity contribution in [2.45, 2.75) is 43.0 Å². The number of nitrogens with zero attached hydrogens (tertiary/aromatic N) is 5. The van der Waals surface area contributed by atoms with Crippen LogP contribution in [0.1, 0.15) is 12.8 Å². The molecule has 31 heavy (non-hydrogen) atoms. The Labute approximate surface area is 177 Å². The third kappa shape index (κ3) is 3.35. The Bertz CT molecular complexity index is 1110. The summed E-state index contributed by atoms with van der Waals surface area (Å²) in [5, 5.41) is 23.5. The molecule has 3 aromatic rings. The Kier molecular flexibility index (Phi) is 4.71. The summed E-state index contributed by atoms with van der Waals surface area (Å²) in [5.74, 6) is -2.40. The van der Waals surface area contributed by atoms with E-state index in [9.17, 15) is 13.9 Å². The Morgan fingerprint density at radius 2 is 2.06 bits per heavy atom. The van der Waals surface area contributed by atoms with Crippen LogP contribution in [0.3, 0.4) is 0 Å². The van der Waals surface area contributed by atoms with E-state index in [1.807, 2.05) is 6.07 Å². The van der Waals surface area contributed by atoms with Crippen LogP contribution < -0.4 is 10.2 Å². The summed E-state index contributed by atoms with van der Waals surface area (Å²) in [4.78, 5) is 10.2. The minimum Gasteiger partial charge on any atom is -0.507 e. The first-order valence-electron chi connectivity index (χ1n) is 10.0. The summed E-state index contributed by atoms with van der Waals surface area (Å²) in [6, 6.07) is 3.62. The third-order valence-corrected chi connectivity index (χ3v) is 6.34. The quantitative estimate of drug-likeness (QED) is 0.654. The number of rotatable bonds is 4. The summed E-state index contributed by atoms with van der Waals surface area (Å²) < 4.78 is 34.0. The van der Waals surface area contributed by atoms with Gasteiger partial charge in [0.1, 0.15) is 11.4 Å². The van der Waals surface area contributed by atoms with Gasteiger partial charge in [0.05, 0.1) is 24.4 Å². The molecule has 0 amide bonds. The van der Waals surface area contributed by atoms with E-state index in [0.717, 1.165) is 10.8 Å². The molecule has 1 unspecified atom stereocenters.